The van der Waals surface area contributed by atoms with Crippen molar-refractivity contribution in [3.63, 3.8) is 0 Å². The number of fused-ring (bicyclic) bond motifs is 1. The van der Waals surface area contributed by atoms with Gasteiger partial charge in [-0.05, 0) is 22.9 Å². The van der Waals surface area contributed by atoms with Crippen LogP contribution in [0.3, 0.4) is 0 Å². The summed E-state index contributed by atoms with van der Waals surface area (Å²) in [7, 11) is 0. The molecule has 2 heteroatoms. The third-order valence-corrected chi connectivity index (χ3v) is 2.78. The Kier molecular flexibility index (Phi) is 2.18. The molecule has 0 saturated carbocycles. The fourth-order valence-corrected chi connectivity index (χ4v) is 1.92. The summed E-state index contributed by atoms with van der Waals surface area (Å²) in [6, 6.07) is 14.9. The summed E-state index contributed by atoms with van der Waals surface area (Å²) in [6.07, 6.45) is 5.73. The monoisotopic (exact) mass is 208 g/mol. The Morgan fingerprint density at radius 2 is 1.88 bits per heavy atom. The lowest BCUT2D eigenvalue weighted by molar-refractivity contribution is 1.11. The van der Waals surface area contributed by atoms with Gasteiger partial charge in [0.15, 0.2) is 0 Å². The largest absolute Gasteiger partial charge is 0.341 e. The van der Waals surface area contributed by atoms with E-state index in [0.29, 0.717) is 0 Å². The summed E-state index contributed by atoms with van der Waals surface area (Å²) in [5.74, 6) is 0. The highest BCUT2D eigenvalue weighted by Gasteiger charge is 2.04. The van der Waals surface area contributed by atoms with E-state index in [4.69, 9.17) is 0 Å². The highest BCUT2D eigenvalue weighted by molar-refractivity contribution is 5.86. The van der Waals surface area contributed by atoms with E-state index < -0.39 is 0 Å². The molecule has 0 atom stereocenters. The molecule has 0 radical (unpaired) electrons. The molecular formula is C14H12N2. The fraction of sp³-hybridized carbons (Fsp3) is 0.0714. The number of hydrogen-bond acceptors (Lipinski definition) is 2. The van der Waals surface area contributed by atoms with Crippen molar-refractivity contribution in [3.8, 4) is 0 Å². The van der Waals surface area contributed by atoms with Gasteiger partial charge in [-0.25, -0.2) is 0 Å². The van der Waals surface area contributed by atoms with E-state index in [1.807, 2.05) is 18.6 Å². The number of anilines is 1. The van der Waals surface area contributed by atoms with Gasteiger partial charge in [-0.15, -0.1) is 0 Å². The second-order valence-corrected chi connectivity index (χ2v) is 3.81. The van der Waals surface area contributed by atoms with E-state index in [9.17, 15) is 0 Å². The molecule has 0 aliphatic carbocycles. The van der Waals surface area contributed by atoms with Crippen molar-refractivity contribution in [1.82, 2.24) is 0 Å². The lowest BCUT2D eigenvalue weighted by Crippen LogP contribution is -2.20. The minimum atomic E-state index is 0.842. The van der Waals surface area contributed by atoms with E-state index in [2.05, 4.69) is 52.4 Å². The van der Waals surface area contributed by atoms with E-state index >= 15 is 0 Å². The van der Waals surface area contributed by atoms with Crippen LogP contribution in [-0.2, 0) is 0 Å². The first-order valence-electron chi connectivity index (χ1n) is 5.37. The second-order valence-electron chi connectivity index (χ2n) is 3.81. The maximum Gasteiger partial charge on any atom is 0.0579 e. The average molecular weight is 208 g/mol. The predicted molar refractivity (Wildman–Crippen MR) is 68.9 cm³/mol. The van der Waals surface area contributed by atoms with Gasteiger partial charge in [-0.2, -0.15) is 0 Å². The zero-order valence-corrected chi connectivity index (χ0v) is 8.88. The van der Waals surface area contributed by atoms with Gasteiger partial charge in [0.05, 0.1) is 6.54 Å². The Labute approximate surface area is 94.5 Å². The molecule has 2 nitrogen and oxygen atoms in total. The van der Waals surface area contributed by atoms with Crippen molar-refractivity contribution in [2.24, 2.45) is 4.99 Å². The number of rotatable bonds is 1. The van der Waals surface area contributed by atoms with Crippen molar-refractivity contribution >= 4 is 22.7 Å². The summed E-state index contributed by atoms with van der Waals surface area (Å²) in [4.78, 5) is 6.25. The second kappa shape index (κ2) is 3.81. The van der Waals surface area contributed by atoms with Crippen LogP contribution in [0.25, 0.3) is 10.8 Å². The Morgan fingerprint density at radius 3 is 2.69 bits per heavy atom. The third-order valence-electron chi connectivity index (χ3n) is 2.78. The minimum Gasteiger partial charge on any atom is -0.341 e. The van der Waals surface area contributed by atoms with Crippen LogP contribution >= 0.6 is 0 Å². The molecule has 2 aromatic rings. The standard InChI is InChI=1S/C14H12N2/c1-2-4-13-11-14(6-5-12(13)3-1)16-9-7-15-8-10-16/h1-9,11H,10H2. The Balaban J connectivity index is 2.05. The first kappa shape index (κ1) is 9.16. The van der Waals surface area contributed by atoms with Crippen molar-refractivity contribution in [2.45, 2.75) is 0 Å². The van der Waals surface area contributed by atoms with Crippen LogP contribution in [0.15, 0.2) is 59.9 Å². The minimum absolute atomic E-state index is 0.842. The lowest BCUT2D eigenvalue weighted by atomic mass is 10.1. The normalized spacial score (nSPS) is 14.6. The molecule has 1 aliphatic rings. The molecule has 0 unspecified atom stereocenters. The van der Waals surface area contributed by atoms with Crippen molar-refractivity contribution in [1.29, 1.82) is 0 Å². The van der Waals surface area contributed by atoms with Crippen LogP contribution in [0.1, 0.15) is 0 Å². The van der Waals surface area contributed by atoms with Crippen LogP contribution < -0.4 is 4.90 Å². The molecule has 0 bridgehead atoms. The Bertz CT molecular complexity index is 570. The van der Waals surface area contributed by atoms with Crippen molar-refractivity contribution in [2.75, 3.05) is 11.4 Å². The molecule has 0 saturated heterocycles. The molecule has 0 aromatic heterocycles. The number of benzene rings is 2. The van der Waals surface area contributed by atoms with Gasteiger partial charge in [0, 0.05) is 24.3 Å². The van der Waals surface area contributed by atoms with E-state index in [0.717, 1.165) is 6.54 Å². The summed E-state index contributed by atoms with van der Waals surface area (Å²) in [5, 5.41) is 2.55. The van der Waals surface area contributed by atoms with Gasteiger partial charge >= 0.3 is 0 Å². The van der Waals surface area contributed by atoms with E-state index in [-0.39, 0.29) is 0 Å². The van der Waals surface area contributed by atoms with Crippen LogP contribution in [0.2, 0.25) is 0 Å². The Hall–Kier alpha value is -2.09. The highest BCUT2D eigenvalue weighted by atomic mass is 15.1. The Morgan fingerprint density at radius 1 is 1.00 bits per heavy atom. The van der Waals surface area contributed by atoms with Gasteiger partial charge in [0.25, 0.3) is 0 Å². The van der Waals surface area contributed by atoms with Gasteiger partial charge in [-0.3, -0.25) is 4.99 Å². The number of hydrogen-bond donors (Lipinski definition) is 0. The van der Waals surface area contributed by atoms with Crippen LogP contribution in [0.5, 0.6) is 0 Å². The molecule has 16 heavy (non-hydrogen) atoms. The molecule has 0 spiro atoms. The number of aliphatic imine (C=N–C) groups is 1. The predicted octanol–water partition coefficient (Wildman–Crippen LogP) is 3.20. The molecule has 0 amide bonds. The van der Waals surface area contributed by atoms with Crippen molar-refractivity contribution < 1.29 is 0 Å². The molecule has 2 aromatic carbocycles. The average Bonchev–Trinajstić information content (AvgIpc) is 2.39. The summed E-state index contributed by atoms with van der Waals surface area (Å²) in [6.45, 7) is 0.842. The van der Waals surface area contributed by atoms with Gasteiger partial charge in [0.1, 0.15) is 0 Å². The van der Waals surface area contributed by atoms with Gasteiger partial charge < -0.3 is 4.90 Å². The maximum absolute atomic E-state index is 4.07. The summed E-state index contributed by atoms with van der Waals surface area (Å²) >= 11 is 0. The maximum atomic E-state index is 4.07. The quantitative estimate of drug-likeness (QED) is 0.702. The topological polar surface area (TPSA) is 15.6 Å². The van der Waals surface area contributed by atoms with Crippen LogP contribution in [0, 0.1) is 0 Å². The molecule has 78 valence electrons. The zero-order valence-electron chi connectivity index (χ0n) is 8.88. The van der Waals surface area contributed by atoms with E-state index in [1.165, 1.54) is 16.5 Å². The molecule has 3 rings (SSSR count). The van der Waals surface area contributed by atoms with Crippen LogP contribution in [0.4, 0.5) is 5.69 Å². The lowest BCUT2D eigenvalue weighted by Gasteiger charge is -2.20. The zero-order chi connectivity index (χ0) is 10.8. The fourth-order valence-electron chi connectivity index (χ4n) is 1.92. The molecular weight excluding hydrogens is 196 g/mol. The molecule has 1 heterocycles. The molecule has 0 N–H and O–H groups in total. The van der Waals surface area contributed by atoms with Gasteiger partial charge in [-0.1, -0.05) is 30.3 Å². The van der Waals surface area contributed by atoms with Crippen molar-refractivity contribution in [3.05, 3.63) is 54.9 Å². The summed E-state index contributed by atoms with van der Waals surface area (Å²) in [5.41, 5.74) is 1.21. The number of nitrogens with zero attached hydrogens (tertiary/aromatic N) is 2. The van der Waals surface area contributed by atoms with E-state index in [1.54, 1.807) is 0 Å². The van der Waals surface area contributed by atoms with Crippen LogP contribution in [-0.4, -0.2) is 12.8 Å². The summed E-state index contributed by atoms with van der Waals surface area (Å²) < 4.78 is 0. The third kappa shape index (κ3) is 1.58. The first-order chi connectivity index (χ1) is 7.93. The smallest absolute Gasteiger partial charge is 0.0579 e. The SMILES string of the molecule is C1=CN(c2ccc3ccccc3c2)CC=N1. The molecule has 1 aliphatic heterocycles. The highest BCUT2D eigenvalue weighted by Crippen LogP contribution is 2.22. The molecule has 0 fully saturated rings. The first-order valence-corrected chi connectivity index (χ1v) is 5.37. The van der Waals surface area contributed by atoms with Gasteiger partial charge in [0.2, 0.25) is 0 Å².